The van der Waals surface area contributed by atoms with Gasteiger partial charge < -0.3 is 14.8 Å². The van der Waals surface area contributed by atoms with Gasteiger partial charge in [-0.15, -0.1) is 0 Å². The number of carbonyl (C=O) groups excluding carboxylic acids is 1. The zero-order valence-corrected chi connectivity index (χ0v) is 13.9. The van der Waals surface area contributed by atoms with Gasteiger partial charge in [-0.05, 0) is 30.3 Å². The van der Waals surface area contributed by atoms with Crippen molar-refractivity contribution in [2.45, 2.75) is 6.42 Å². The quantitative estimate of drug-likeness (QED) is 0.831. The molecule has 22 heavy (non-hydrogen) atoms. The molecule has 1 aliphatic rings. The number of ether oxygens (including phenoxy) is 2. The summed E-state index contributed by atoms with van der Waals surface area (Å²) in [7, 11) is 0. The molecular formula is C16H13BrClNO3. The summed E-state index contributed by atoms with van der Waals surface area (Å²) in [5.41, 5.74) is 1.04. The fourth-order valence-corrected chi connectivity index (χ4v) is 2.68. The molecule has 0 unspecified atom stereocenters. The number of amides is 1. The number of halogens is 2. The van der Waals surface area contributed by atoms with E-state index < -0.39 is 0 Å². The number of hydrogen-bond acceptors (Lipinski definition) is 3. The first kappa shape index (κ1) is 15.2. The number of anilines is 1. The molecule has 2 aromatic rings. The maximum Gasteiger partial charge on any atom is 0.257 e. The molecule has 0 saturated heterocycles. The van der Waals surface area contributed by atoms with E-state index in [1.54, 1.807) is 36.4 Å². The van der Waals surface area contributed by atoms with E-state index in [0.29, 0.717) is 41.0 Å². The lowest BCUT2D eigenvalue weighted by Gasteiger charge is -2.11. The first-order valence-electron chi connectivity index (χ1n) is 6.79. The second kappa shape index (κ2) is 6.58. The third kappa shape index (κ3) is 3.36. The molecule has 3 rings (SSSR count). The standard InChI is InChI=1S/C16H13BrClNO3/c17-10-2-4-13(18)12(8-10)16(20)19-11-3-5-14-15(9-11)22-7-1-6-21-14/h2-5,8-9H,1,6-7H2,(H,19,20). The van der Waals surface area contributed by atoms with Gasteiger partial charge in [-0.1, -0.05) is 27.5 Å². The first-order chi connectivity index (χ1) is 10.6. The summed E-state index contributed by atoms with van der Waals surface area (Å²) >= 11 is 9.40. The van der Waals surface area contributed by atoms with Crippen molar-refractivity contribution >= 4 is 39.1 Å². The van der Waals surface area contributed by atoms with Crippen LogP contribution in [0, 0.1) is 0 Å². The molecule has 0 aliphatic carbocycles. The van der Waals surface area contributed by atoms with Crippen molar-refractivity contribution in [1.29, 1.82) is 0 Å². The molecule has 0 saturated carbocycles. The van der Waals surface area contributed by atoms with E-state index in [-0.39, 0.29) is 5.91 Å². The average Bonchev–Trinajstić information content (AvgIpc) is 2.74. The highest BCUT2D eigenvalue weighted by atomic mass is 79.9. The number of benzene rings is 2. The van der Waals surface area contributed by atoms with E-state index in [4.69, 9.17) is 21.1 Å². The molecule has 2 aromatic carbocycles. The van der Waals surface area contributed by atoms with E-state index >= 15 is 0 Å². The lowest BCUT2D eigenvalue weighted by atomic mass is 10.2. The number of hydrogen-bond donors (Lipinski definition) is 1. The molecule has 1 heterocycles. The fourth-order valence-electron chi connectivity index (χ4n) is 2.11. The summed E-state index contributed by atoms with van der Waals surface area (Å²) in [6, 6.07) is 10.5. The van der Waals surface area contributed by atoms with Crippen LogP contribution in [-0.4, -0.2) is 19.1 Å². The number of rotatable bonds is 2. The number of fused-ring (bicyclic) bond motifs is 1. The Morgan fingerprint density at radius 3 is 2.68 bits per heavy atom. The average molecular weight is 383 g/mol. The van der Waals surface area contributed by atoms with Crippen LogP contribution in [0.4, 0.5) is 5.69 Å². The summed E-state index contributed by atoms with van der Waals surface area (Å²) < 4.78 is 12.0. The Labute approximate surface area is 141 Å². The zero-order chi connectivity index (χ0) is 15.5. The SMILES string of the molecule is O=C(Nc1ccc2c(c1)OCCCO2)c1cc(Br)ccc1Cl. The molecule has 0 radical (unpaired) electrons. The molecule has 0 aromatic heterocycles. The predicted octanol–water partition coefficient (Wildman–Crippen LogP) is 4.52. The van der Waals surface area contributed by atoms with E-state index in [9.17, 15) is 4.79 Å². The lowest BCUT2D eigenvalue weighted by molar-refractivity contribution is 0.102. The molecule has 1 amide bonds. The van der Waals surface area contributed by atoms with Crippen LogP contribution in [0.15, 0.2) is 40.9 Å². The maximum atomic E-state index is 12.3. The molecule has 114 valence electrons. The second-order valence-corrected chi connectivity index (χ2v) is 6.11. The topological polar surface area (TPSA) is 47.6 Å². The molecule has 0 atom stereocenters. The Balaban J connectivity index is 1.82. The van der Waals surface area contributed by atoms with Crippen molar-refractivity contribution in [1.82, 2.24) is 0 Å². The van der Waals surface area contributed by atoms with Gasteiger partial charge in [-0.25, -0.2) is 0 Å². The third-order valence-electron chi connectivity index (χ3n) is 3.18. The highest BCUT2D eigenvalue weighted by Crippen LogP contribution is 2.32. The van der Waals surface area contributed by atoms with Crippen LogP contribution in [-0.2, 0) is 0 Å². The van der Waals surface area contributed by atoms with Crippen LogP contribution in [0.1, 0.15) is 16.8 Å². The van der Waals surface area contributed by atoms with Crippen molar-refractivity contribution in [2.24, 2.45) is 0 Å². The van der Waals surface area contributed by atoms with Crippen molar-refractivity contribution in [2.75, 3.05) is 18.5 Å². The fraction of sp³-hybridized carbons (Fsp3) is 0.188. The Morgan fingerprint density at radius 2 is 1.86 bits per heavy atom. The van der Waals surface area contributed by atoms with Gasteiger partial charge >= 0.3 is 0 Å². The Morgan fingerprint density at radius 1 is 1.09 bits per heavy atom. The maximum absolute atomic E-state index is 12.3. The summed E-state index contributed by atoms with van der Waals surface area (Å²) in [6.07, 6.45) is 0.837. The van der Waals surface area contributed by atoms with E-state index in [1.165, 1.54) is 0 Å². The van der Waals surface area contributed by atoms with Crippen LogP contribution >= 0.6 is 27.5 Å². The molecule has 0 fully saturated rings. The van der Waals surface area contributed by atoms with Crippen molar-refractivity contribution in [3.63, 3.8) is 0 Å². The normalized spacial score (nSPS) is 13.4. The molecular weight excluding hydrogens is 370 g/mol. The summed E-state index contributed by atoms with van der Waals surface area (Å²) in [5, 5.41) is 3.22. The minimum atomic E-state index is -0.277. The minimum Gasteiger partial charge on any atom is -0.490 e. The van der Waals surface area contributed by atoms with Gasteiger partial charge in [0.15, 0.2) is 11.5 Å². The van der Waals surface area contributed by atoms with Crippen LogP contribution in [0.2, 0.25) is 5.02 Å². The highest BCUT2D eigenvalue weighted by molar-refractivity contribution is 9.10. The van der Waals surface area contributed by atoms with Gasteiger partial charge in [0.2, 0.25) is 0 Å². The second-order valence-electron chi connectivity index (χ2n) is 4.79. The Bertz CT molecular complexity index is 721. The first-order valence-corrected chi connectivity index (χ1v) is 7.96. The summed E-state index contributed by atoms with van der Waals surface area (Å²) in [6.45, 7) is 1.23. The van der Waals surface area contributed by atoms with E-state index in [0.717, 1.165) is 10.9 Å². The summed E-state index contributed by atoms with van der Waals surface area (Å²) in [5.74, 6) is 1.05. The number of carbonyl (C=O) groups is 1. The lowest BCUT2D eigenvalue weighted by Crippen LogP contribution is -2.12. The zero-order valence-electron chi connectivity index (χ0n) is 11.6. The predicted molar refractivity (Wildman–Crippen MR) is 89.2 cm³/mol. The van der Waals surface area contributed by atoms with E-state index in [2.05, 4.69) is 21.2 Å². The van der Waals surface area contributed by atoms with Crippen LogP contribution in [0.25, 0.3) is 0 Å². The van der Waals surface area contributed by atoms with Crippen molar-refractivity contribution in [3.05, 3.63) is 51.5 Å². The van der Waals surface area contributed by atoms with Crippen molar-refractivity contribution in [3.8, 4) is 11.5 Å². The molecule has 6 heteroatoms. The highest BCUT2D eigenvalue weighted by Gasteiger charge is 2.14. The number of nitrogens with one attached hydrogen (secondary N) is 1. The van der Waals surface area contributed by atoms with Gasteiger partial charge in [-0.2, -0.15) is 0 Å². The van der Waals surface area contributed by atoms with Gasteiger partial charge in [-0.3, -0.25) is 4.79 Å². The molecule has 0 bridgehead atoms. The summed E-state index contributed by atoms with van der Waals surface area (Å²) in [4.78, 5) is 12.3. The molecule has 0 spiro atoms. The van der Waals surface area contributed by atoms with Crippen LogP contribution < -0.4 is 14.8 Å². The van der Waals surface area contributed by atoms with Gasteiger partial charge in [0.25, 0.3) is 5.91 Å². The Kier molecular flexibility index (Phi) is 4.55. The minimum absolute atomic E-state index is 0.277. The molecule has 1 N–H and O–H groups in total. The largest absolute Gasteiger partial charge is 0.490 e. The monoisotopic (exact) mass is 381 g/mol. The van der Waals surface area contributed by atoms with Crippen LogP contribution in [0.3, 0.4) is 0 Å². The third-order valence-corrected chi connectivity index (χ3v) is 4.00. The van der Waals surface area contributed by atoms with Crippen molar-refractivity contribution < 1.29 is 14.3 Å². The van der Waals surface area contributed by atoms with Gasteiger partial charge in [0.05, 0.1) is 23.8 Å². The molecule has 1 aliphatic heterocycles. The van der Waals surface area contributed by atoms with Crippen LogP contribution in [0.5, 0.6) is 11.5 Å². The van der Waals surface area contributed by atoms with Gasteiger partial charge in [0.1, 0.15) is 0 Å². The molecule has 4 nitrogen and oxygen atoms in total. The van der Waals surface area contributed by atoms with E-state index in [1.807, 2.05) is 0 Å². The van der Waals surface area contributed by atoms with Gasteiger partial charge in [0, 0.05) is 22.6 Å². The smallest absolute Gasteiger partial charge is 0.257 e. The Hall–Kier alpha value is -1.72.